The first-order valence-electron chi connectivity index (χ1n) is 7.94. The van der Waals surface area contributed by atoms with Crippen LogP contribution in [0.2, 0.25) is 5.02 Å². The first-order valence-corrected chi connectivity index (χ1v) is 8.32. The van der Waals surface area contributed by atoms with Gasteiger partial charge < -0.3 is 15.2 Å². The van der Waals surface area contributed by atoms with Gasteiger partial charge in [-0.1, -0.05) is 11.6 Å². The van der Waals surface area contributed by atoms with Crippen LogP contribution in [0.5, 0.6) is 0 Å². The minimum Gasteiger partial charge on any atom is -0.349 e. The zero-order valence-corrected chi connectivity index (χ0v) is 13.9. The number of piperidine rings is 1. The van der Waals surface area contributed by atoms with Crippen molar-refractivity contribution in [1.29, 1.82) is 0 Å². The summed E-state index contributed by atoms with van der Waals surface area (Å²) in [6, 6.07) is 6.83. The topological polar surface area (TPSA) is 78.1 Å². The Morgan fingerprint density at radius 1 is 1.33 bits per heavy atom. The number of aromatic nitrogens is 2. The average Bonchev–Trinajstić information content (AvgIpc) is 3.13. The number of H-pyrrole nitrogens is 1. The van der Waals surface area contributed by atoms with Crippen LogP contribution < -0.4 is 5.32 Å². The summed E-state index contributed by atoms with van der Waals surface area (Å²) in [6.07, 6.45) is 4.97. The Labute approximate surface area is 145 Å². The lowest BCUT2D eigenvalue weighted by Gasteiger charge is -2.32. The Morgan fingerprint density at radius 2 is 2.12 bits per heavy atom. The summed E-state index contributed by atoms with van der Waals surface area (Å²) in [5.41, 5.74) is 0.594. The van der Waals surface area contributed by atoms with Gasteiger partial charge in [0, 0.05) is 36.1 Å². The van der Waals surface area contributed by atoms with E-state index in [-0.39, 0.29) is 17.7 Å². The number of aromatic amines is 1. The van der Waals surface area contributed by atoms with Crippen molar-refractivity contribution in [3.05, 3.63) is 53.1 Å². The third-order valence-electron chi connectivity index (χ3n) is 4.16. The summed E-state index contributed by atoms with van der Waals surface area (Å²) in [4.78, 5) is 33.7. The molecule has 2 N–H and O–H groups in total. The minimum atomic E-state index is -0.190. The van der Waals surface area contributed by atoms with E-state index < -0.39 is 0 Å². The van der Waals surface area contributed by atoms with Gasteiger partial charge in [-0.05, 0) is 37.1 Å². The molecule has 0 unspecified atom stereocenters. The molecular weight excluding hydrogens is 328 g/mol. The van der Waals surface area contributed by atoms with Gasteiger partial charge in [0.05, 0.1) is 12.5 Å². The fraction of sp³-hybridized carbons (Fsp3) is 0.353. The molecule has 0 saturated carbocycles. The van der Waals surface area contributed by atoms with Gasteiger partial charge >= 0.3 is 0 Å². The van der Waals surface area contributed by atoms with E-state index in [1.54, 1.807) is 41.6 Å². The number of halogens is 1. The quantitative estimate of drug-likeness (QED) is 0.891. The van der Waals surface area contributed by atoms with Gasteiger partial charge in [-0.2, -0.15) is 0 Å². The van der Waals surface area contributed by atoms with Crippen LogP contribution in [0.4, 0.5) is 0 Å². The first-order chi connectivity index (χ1) is 11.6. The van der Waals surface area contributed by atoms with E-state index in [9.17, 15) is 9.59 Å². The minimum absolute atomic E-state index is 0.0417. The lowest BCUT2D eigenvalue weighted by atomic mass is 9.96. The molecular formula is C17H19ClN4O2. The molecule has 1 fully saturated rings. The van der Waals surface area contributed by atoms with Crippen molar-refractivity contribution in [3.8, 4) is 0 Å². The normalized spacial score (nSPS) is 17.5. The van der Waals surface area contributed by atoms with E-state index >= 15 is 0 Å². The fourth-order valence-electron chi connectivity index (χ4n) is 2.86. The maximum Gasteiger partial charge on any atom is 0.253 e. The summed E-state index contributed by atoms with van der Waals surface area (Å²) < 4.78 is 0. The number of rotatable bonds is 4. The third kappa shape index (κ3) is 3.94. The van der Waals surface area contributed by atoms with Crippen LogP contribution in [0.15, 0.2) is 36.7 Å². The van der Waals surface area contributed by atoms with Crippen LogP contribution in [-0.4, -0.2) is 39.8 Å². The monoisotopic (exact) mass is 346 g/mol. The van der Waals surface area contributed by atoms with Crippen LogP contribution in [0.1, 0.15) is 29.0 Å². The molecule has 0 radical (unpaired) electrons. The van der Waals surface area contributed by atoms with Crippen molar-refractivity contribution < 1.29 is 9.59 Å². The molecule has 7 heteroatoms. The van der Waals surface area contributed by atoms with E-state index in [1.165, 1.54) is 0 Å². The summed E-state index contributed by atoms with van der Waals surface area (Å²) in [5, 5.41) is 3.47. The summed E-state index contributed by atoms with van der Waals surface area (Å²) >= 11 is 5.86. The standard InChI is InChI=1S/C17H19ClN4O2/c18-14-5-3-12(4-6-14)17(24)22-9-1-2-13(11-22)16(23)21-10-15-19-7-8-20-15/h3-8,13H,1-2,9-11H2,(H,19,20)(H,21,23)/t13-/m0/s1. The van der Waals surface area contributed by atoms with Crippen LogP contribution in [-0.2, 0) is 11.3 Å². The predicted octanol–water partition coefficient (Wildman–Crippen LogP) is 2.23. The van der Waals surface area contributed by atoms with E-state index in [2.05, 4.69) is 15.3 Å². The highest BCUT2D eigenvalue weighted by Crippen LogP contribution is 2.20. The van der Waals surface area contributed by atoms with Gasteiger partial charge in [0.2, 0.25) is 5.91 Å². The number of likely N-dealkylation sites (tertiary alicyclic amines) is 1. The zero-order chi connectivity index (χ0) is 16.9. The number of nitrogens with one attached hydrogen (secondary N) is 2. The molecule has 126 valence electrons. The molecule has 0 spiro atoms. The molecule has 1 atom stereocenters. The lowest BCUT2D eigenvalue weighted by Crippen LogP contribution is -2.45. The molecule has 2 heterocycles. The molecule has 1 aliphatic heterocycles. The maximum atomic E-state index is 12.6. The first kappa shape index (κ1) is 16.5. The van der Waals surface area contributed by atoms with E-state index in [4.69, 9.17) is 11.6 Å². The predicted molar refractivity (Wildman–Crippen MR) is 90.5 cm³/mol. The molecule has 2 aromatic rings. The van der Waals surface area contributed by atoms with Crippen LogP contribution in [0.25, 0.3) is 0 Å². The van der Waals surface area contributed by atoms with Gasteiger partial charge in [-0.25, -0.2) is 4.98 Å². The van der Waals surface area contributed by atoms with Crippen molar-refractivity contribution >= 4 is 23.4 Å². The number of hydrogen-bond acceptors (Lipinski definition) is 3. The summed E-state index contributed by atoms with van der Waals surface area (Å²) in [6.45, 7) is 1.47. The van der Waals surface area contributed by atoms with E-state index in [0.717, 1.165) is 12.8 Å². The number of carbonyl (C=O) groups excluding carboxylic acids is 2. The van der Waals surface area contributed by atoms with Crippen LogP contribution >= 0.6 is 11.6 Å². The number of amides is 2. The number of benzene rings is 1. The molecule has 3 rings (SSSR count). The van der Waals surface area contributed by atoms with Crippen molar-refractivity contribution in [2.75, 3.05) is 13.1 Å². The van der Waals surface area contributed by atoms with E-state index in [0.29, 0.717) is 36.0 Å². The molecule has 2 amide bonds. The Kier molecular flexibility index (Phi) is 5.15. The largest absolute Gasteiger partial charge is 0.349 e. The van der Waals surface area contributed by atoms with E-state index in [1.807, 2.05) is 0 Å². The second-order valence-electron chi connectivity index (χ2n) is 5.85. The molecule has 1 saturated heterocycles. The molecule has 24 heavy (non-hydrogen) atoms. The molecule has 1 aromatic heterocycles. The van der Waals surface area contributed by atoms with Crippen LogP contribution in [0, 0.1) is 5.92 Å². The highest BCUT2D eigenvalue weighted by molar-refractivity contribution is 6.30. The lowest BCUT2D eigenvalue weighted by molar-refractivity contribution is -0.126. The Bertz CT molecular complexity index is 700. The number of nitrogens with zero attached hydrogens (tertiary/aromatic N) is 2. The van der Waals surface area contributed by atoms with Gasteiger partial charge in [-0.3, -0.25) is 9.59 Å². The Hall–Kier alpha value is -2.34. The van der Waals surface area contributed by atoms with Crippen molar-refractivity contribution in [3.63, 3.8) is 0 Å². The molecule has 0 aliphatic carbocycles. The smallest absolute Gasteiger partial charge is 0.253 e. The molecule has 1 aromatic carbocycles. The van der Waals surface area contributed by atoms with Crippen molar-refractivity contribution in [2.24, 2.45) is 5.92 Å². The summed E-state index contributed by atoms with van der Waals surface area (Å²) in [7, 11) is 0. The van der Waals surface area contributed by atoms with Crippen LogP contribution in [0.3, 0.4) is 0 Å². The second-order valence-corrected chi connectivity index (χ2v) is 6.29. The van der Waals surface area contributed by atoms with Gasteiger partial charge in [0.1, 0.15) is 5.82 Å². The second kappa shape index (κ2) is 7.49. The third-order valence-corrected chi connectivity index (χ3v) is 4.41. The number of carbonyl (C=O) groups is 2. The fourth-order valence-corrected chi connectivity index (χ4v) is 2.99. The zero-order valence-electron chi connectivity index (χ0n) is 13.2. The molecule has 6 nitrogen and oxygen atoms in total. The maximum absolute atomic E-state index is 12.6. The van der Waals surface area contributed by atoms with Gasteiger partial charge in [0.15, 0.2) is 0 Å². The average molecular weight is 347 g/mol. The SMILES string of the molecule is O=C(NCc1ncc[nH]1)[C@H]1CCCN(C(=O)c2ccc(Cl)cc2)C1. The Morgan fingerprint density at radius 3 is 2.83 bits per heavy atom. The Balaban J connectivity index is 1.58. The highest BCUT2D eigenvalue weighted by Gasteiger charge is 2.28. The summed E-state index contributed by atoms with van der Waals surface area (Å²) in [5.74, 6) is 0.424. The molecule has 1 aliphatic rings. The number of hydrogen-bond donors (Lipinski definition) is 2. The number of imidazole rings is 1. The van der Waals surface area contributed by atoms with Gasteiger partial charge in [-0.15, -0.1) is 0 Å². The molecule has 0 bridgehead atoms. The van der Waals surface area contributed by atoms with Crippen molar-refractivity contribution in [2.45, 2.75) is 19.4 Å². The van der Waals surface area contributed by atoms with Crippen molar-refractivity contribution in [1.82, 2.24) is 20.2 Å². The van der Waals surface area contributed by atoms with Gasteiger partial charge in [0.25, 0.3) is 5.91 Å². The highest BCUT2D eigenvalue weighted by atomic mass is 35.5.